The molecule has 1 unspecified atom stereocenters. The summed E-state index contributed by atoms with van der Waals surface area (Å²) in [5.41, 5.74) is 19.4. The fraction of sp³-hybridized carbons (Fsp3) is 0.294. The molecule has 2 aromatic rings. The molecular formula is C17H19ClN2O. The Morgan fingerprint density at radius 1 is 0.905 bits per heavy atom. The molecule has 1 aliphatic heterocycles. The van der Waals surface area contributed by atoms with Crippen molar-refractivity contribution in [3.8, 4) is 11.5 Å². The van der Waals surface area contributed by atoms with Crippen LogP contribution in [0.3, 0.4) is 0 Å². The summed E-state index contributed by atoms with van der Waals surface area (Å²) in [5.74, 6) is 1.59. The van der Waals surface area contributed by atoms with Gasteiger partial charge in [0.1, 0.15) is 11.5 Å². The van der Waals surface area contributed by atoms with E-state index in [1.807, 2.05) is 26.8 Å². The summed E-state index contributed by atoms with van der Waals surface area (Å²) in [6.07, 6.45) is 0. The second-order valence-electron chi connectivity index (χ2n) is 5.71. The maximum atomic E-state index is 6.69. The smallest absolute Gasteiger partial charge is 0.137 e. The van der Waals surface area contributed by atoms with Crippen LogP contribution in [0.15, 0.2) is 12.1 Å². The van der Waals surface area contributed by atoms with Crippen LogP contribution in [0.2, 0.25) is 0 Å². The third-order valence-electron chi connectivity index (χ3n) is 4.57. The van der Waals surface area contributed by atoms with Crippen LogP contribution in [0.25, 0.3) is 0 Å². The number of nitrogen functional groups attached to an aromatic ring is 2. The zero-order chi connectivity index (χ0) is 15.5. The molecule has 0 amide bonds. The van der Waals surface area contributed by atoms with Gasteiger partial charge in [0.05, 0.1) is 16.8 Å². The highest BCUT2D eigenvalue weighted by Gasteiger charge is 2.32. The average Bonchev–Trinajstić information content (AvgIpc) is 2.46. The molecule has 0 aliphatic carbocycles. The number of ether oxygens (including phenoxy) is 1. The van der Waals surface area contributed by atoms with Gasteiger partial charge in [0.15, 0.2) is 0 Å². The molecular weight excluding hydrogens is 284 g/mol. The van der Waals surface area contributed by atoms with E-state index in [1.165, 1.54) is 5.56 Å². The Bertz CT molecular complexity index is 768. The van der Waals surface area contributed by atoms with Crippen molar-refractivity contribution in [3.63, 3.8) is 0 Å². The van der Waals surface area contributed by atoms with Crippen molar-refractivity contribution in [2.24, 2.45) is 0 Å². The molecule has 0 saturated heterocycles. The van der Waals surface area contributed by atoms with Gasteiger partial charge in [0, 0.05) is 11.1 Å². The molecule has 1 atom stereocenters. The fourth-order valence-corrected chi connectivity index (χ4v) is 3.22. The normalized spacial score (nSPS) is 16.1. The van der Waals surface area contributed by atoms with Crippen LogP contribution in [0.1, 0.15) is 38.8 Å². The number of aryl methyl sites for hydroxylation is 1. The van der Waals surface area contributed by atoms with Crippen molar-refractivity contribution in [3.05, 3.63) is 45.5 Å². The first-order valence-electron chi connectivity index (χ1n) is 6.94. The van der Waals surface area contributed by atoms with Crippen LogP contribution in [0.4, 0.5) is 11.4 Å². The highest BCUT2D eigenvalue weighted by molar-refractivity contribution is 6.24. The lowest BCUT2D eigenvalue weighted by Crippen LogP contribution is -2.14. The zero-order valence-electron chi connectivity index (χ0n) is 12.7. The summed E-state index contributed by atoms with van der Waals surface area (Å²) in [6.45, 7) is 8.05. The van der Waals surface area contributed by atoms with Crippen molar-refractivity contribution in [2.45, 2.75) is 33.1 Å². The number of alkyl halides is 1. The first-order valence-corrected chi connectivity index (χ1v) is 7.38. The number of nitrogens with two attached hydrogens (primary N) is 2. The molecule has 1 heterocycles. The molecule has 0 spiro atoms. The number of hydrogen-bond acceptors (Lipinski definition) is 3. The molecule has 0 radical (unpaired) electrons. The second-order valence-corrected chi connectivity index (χ2v) is 6.15. The van der Waals surface area contributed by atoms with Crippen LogP contribution in [0.5, 0.6) is 11.5 Å². The minimum absolute atomic E-state index is 0.343. The Morgan fingerprint density at radius 2 is 1.57 bits per heavy atom. The second kappa shape index (κ2) is 4.57. The van der Waals surface area contributed by atoms with E-state index >= 15 is 0 Å². The highest BCUT2D eigenvalue weighted by atomic mass is 35.5. The molecule has 3 rings (SSSR count). The number of benzene rings is 2. The number of rotatable bonds is 0. The standard InChI is InChI=1S/C17H19ClN2O/c1-7-5-6-11-13(18)12-15(20)14(19)9(3)10(4)17(12)21-16(11)8(7)2/h5-6,13H,19-20H2,1-4H3. The number of fused-ring (bicyclic) bond motifs is 2. The highest BCUT2D eigenvalue weighted by Crippen LogP contribution is 2.53. The third-order valence-corrected chi connectivity index (χ3v) is 5.02. The van der Waals surface area contributed by atoms with Gasteiger partial charge in [-0.2, -0.15) is 0 Å². The molecule has 0 aromatic heterocycles. The molecule has 21 heavy (non-hydrogen) atoms. The molecule has 110 valence electrons. The molecule has 0 fully saturated rings. The first kappa shape index (κ1) is 14.1. The van der Waals surface area contributed by atoms with Crippen molar-refractivity contribution in [1.29, 1.82) is 0 Å². The van der Waals surface area contributed by atoms with E-state index in [9.17, 15) is 0 Å². The topological polar surface area (TPSA) is 61.3 Å². The van der Waals surface area contributed by atoms with Gasteiger partial charge < -0.3 is 16.2 Å². The minimum atomic E-state index is -0.343. The van der Waals surface area contributed by atoms with Gasteiger partial charge >= 0.3 is 0 Å². The van der Waals surface area contributed by atoms with Crippen LogP contribution in [0, 0.1) is 27.7 Å². The molecule has 2 aromatic carbocycles. The van der Waals surface area contributed by atoms with E-state index in [0.29, 0.717) is 11.4 Å². The minimum Gasteiger partial charge on any atom is -0.456 e. The van der Waals surface area contributed by atoms with Crippen LogP contribution in [-0.4, -0.2) is 0 Å². The van der Waals surface area contributed by atoms with Gasteiger partial charge in [-0.1, -0.05) is 12.1 Å². The van der Waals surface area contributed by atoms with Crippen molar-refractivity contribution in [1.82, 2.24) is 0 Å². The predicted octanol–water partition coefficient (Wildman–Crippen LogP) is 4.52. The Hall–Kier alpha value is -1.87. The van der Waals surface area contributed by atoms with E-state index in [4.69, 9.17) is 27.8 Å². The molecule has 0 bridgehead atoms. The number of hydrogen-bond donors (Lipinski definition) is 2. The lowest BCUT2D eigenvalue weighted by Gasteiger charge is -2.30. The maximum Gasteiger partial charge on any atom is 0.137 e. The number of halogens is 1. The van der Waals surface area contributed by atoms with Crippen molar-refractivity contribution in [2.75, 3.05) is 11.5 Å². The zero-order valence-corrected chi connectivity index (χ0v) is 13.4. The Balaban J connectivity index is 2.34. The van der Waals surface area contributed by atoms with Gasteiger partial charge in [0.25, 0.3) is 0 Å². The lowest BCUT2D eigenvalue weighted by molar-refractivity contribution is 0.450. The summed E-state index contributed by atoms with van der Waals surface area (Å²) in [4.78, 5) is 0. The molecule has 3 nitrogen and oxygen atoms in total. The van der Waals surface area contributed by atoms with Crippen LogP contribution < -0.4 is 16.2 Å². The predicted molar refractivity (Wildman–Crippen MR) is 88.4 cm³/mol. The summed E-state index contributed by atoms with van der Waals surface area (Å²) in [5, 5.41) is -0.343. The molecule has 0 saturated carbocycles. The van der Waals surface area contributed by atoms with E-state index in [0.717, 1.165) is 39.3 Å². The Labute approximate surface area is 129 Å². The van der Waals surface area contributed by atoms with Gasteiger partial charge in [-0.25, -0.2) is 0 Å². The molecule has 1 aliphatic rings. The maximum absolute atomic E-state index is 6.69. The quantitative estimate of drug-likeness (QED) is 0.555. The Kier molecular flexibility index (Phi) is 3.06. The van der Waals surface area contributed by atoms with Crippen molar-refractivity contribution < 1.29 is 4.74 Å². The largest absolute Gasteiger partial charge is 0.456 e. The number of anilines is 2. The third kappa shape index (κ3) is 1.80. The summed E-state index contributed by atoms with van der Waals surface area (Å²) in [6, 6.07) is 4.06. The van der Waals surface area contributed by atoms with Gasteiger partial charge in [0.2, 0.25) is 0 Å². The fourth-order valence-electron chi connectivity index (χ4n) is 2.83. The summed E-state index contributed by atoms with van der Waals surface area (Å²) < 4.78 is 6.19. The van der Waals surface area contributed by atoms with E-state index in [2.05, 4.69) is 13.0 Å². The molecule has 4 N–H and O–H groups in total. The van der Waals surface area contributed by atoms with Crippen molar-refractivity contribution >= 4 is 23.0 Å². The summed E-state index contributed by atoms with van der Waals surface area (Å²) in [7, 11) is 0. The van der Waals surface area contributed by atoms with E-state index < -0.39 is 0 Å². The monoisotopic (exact) mass is 302 g/mol. The van der Waals surface area contributed by atoms with Gasteiger partial charge in [-0.3, -0.25) is 0 Å². The van der Waals surface area contributed by atoms with Crippen LogP contribution >= 0.6 is 11.6 Å². The molecule has 4 heteroatoms. The first-order chi connectivity index (χ1) is 9.84. The van der Waals surface area contributed by atoms with Gasteiger partial charge in [-0.05, 0) is 49.9 Å². The summed E-state index contributed by atoms with van der Waals surface area (Å²) >= 11 is 6.69. The SMILES string of the molecule is Cc1ccc2c(c1C)Oc1c(C)c(C)c(N)c(N)c1C2Cl. The average molecular weight is 303 g/mol. The Morgan fingerprint density at radius 3 is 2.24 bits per heavy atom. The lowest BCUT2D eigenvalue weighted by atomic mass is 9.90. The van der Waals surface area contributed by atoms with Crippen LogP contribution in [-0.2, 0) is 0 Å². The van der Waals surface area contributed by atoms with Gasteiger partial charge in [-0.15, -0.1) is 11.6 Å². The van der Waals surface area contributed by atoms with E-state index in [1.54, 1.807) is 0 Å². The van der Waals surface area contributed by atoms with E-state index in [-0.39, 0.29) is 5.38 Å².